The Morgan fingerprint density at radius 1 is 0.944 bits per heavy atom. The van der Waals surface area contributed by atoms with E-state index < -0.39 is 15.9 Å². The number of ketones is 1. The molecule has 0 spiro atoms. The van der Waals surface area contributed by atoms with Crippen LogP contribution in [-0.2, 0) is 14.8 Å². The number of likely N-dealkylation sites (N-methyl/N-ethyl adjacent to an activating group) is 1. The van der Waals surface area contributed by atoms with Crippen molar-refractivity contribution in [2.24, 2.45) is 5.73 Å². The molecule has 0 aromatic heterocycles. The number of nitrogens with one attached hydrogen (secondary N) is 2. The molecule has 0 radical (unpaired) electrons. The Morgan fingerprint density at radius 3 is 2.31 bits per heavy atom. The average molecular weight is 508 g/mol. The summed E-state index contributed by atoms with van der Waals surface area (Å²) < 4.78 is 28.2. The Hall–Kier alpha value is -3.31. The van der Waals surface area contributed by atoms with E-state index in [0.29, 0.717) is 28.9 Å². The van der Waals surface area contributed by atoms with Crippen LogP contribution in [0.15, 0.2) is 64.6 Å². The zero-order chi connectivity index (χ0) is 25.4. The SMILES string of the molecule is CN1CCN(CCCNS(=O)(=O)c2ccc(C3=C4C(=O)c5ccccc5C(N)=C4C(=O)N3)cc2)CC1. The van der Waals surface area contributed by atoms with Gasteiger partial charge in [-0.05, 0) is 37.7 Å². The maximum Gasteiger partial charge on any atom is 0.258 e. The van der Waals surface area contributed by atoms with Gasteiger partial charge in [-0.2, -0.15) is 0 Å². The summed E-state index contributed by atoms with van der Waals surface area (Å²) in [6.07, 6.45) is 0.726. The number of sulfonamides is 1. The van der Waals surface area contributed by atoms with Crippen molar-refractivity contribution in [3.05, 3.63) is 76.4 Å². The van der Waals surface area contributed by atoms with Gasteiger partial charge in [0.15, 0.2) is 5.78 Å². The van der Waals surface area contributed by atoms with Gasteiger partial charge in [0.05, 0.1) is 27.4 Å². The molecular weight excluding hydrogens is 478 g/mol. The van der Waals surface area contributed by atoms with E-state index >= 15 is 0 Å². The molecule has 2 heterocycles. The van der Waals surface area contributed by atoms with E-state index in [4.69, 9.17) is 5.73 Å². The van der Waals surface area contributed by atoms with Crippen molar-refractivity contribution in [2.45, 2.75) is 11.3 Å². The van der Waals surface area contributed by atoms with Gasteiger partial charge in [0, 0.05) is 43.9 Å². The van der Waals surface area contributed by atoms with Crippen LogP contribution in [0.2, 0.25) is 0 Å². The van der Waals surface area contributed by atoms with E-state index in [9.17, 15) is 18.0 Å². The van der Waals surface area contributed by atoms with Crippen LogP contribution in [0.25, 0.3) is 11.4 Å². The van der Waals surface area contributed by atoms with Crippen LogP contribution in [0, 0.1) is 0 Å². The standard InChI is InChI=1S/C26H29N5O4S/c1-30-13-15-31(16-14-30)12-4-11-28-36(34,35)18-9-7-17(8-10-18)24-22-21(26(33)29-24)23(27)19-5-2-3-6-20(19)25(22)32/h2-3,5-10,28H,4,11-16,27H2,1H3,(H,29,33). The van der Waals surface area contributed by atoms with Gasteiger partial charge in [-0.25, -0.2) is 13.1 Å². The van der Waals surface area contributed by atoms with Gasteiger partial charge in [0.2, 0.25) is 10.0 Å². The predicted octanol–water partition coefficient (Wildman–Crippen LogP) is 1.01. The van der Waals surface area contributed by atoms with E-state index in [-0.39, 0.29) is 27.5 Å². The molecule has 2 aliphatic heterocycles. The summed E-state index contributed by atoms with van der Waals surface area (Å²) in [5.74, 6) is -0.735. The van der Waals surface area contributed by atoms with Crippen molar-refractivity contribution in [1.29, 1.82) is 0 Å². The summed E-state index contributed by atoms with van der Waals surface area (Å²) in [5, 5.41) is 2.75. The largest absolute Gasteiger partial charge is 0.398 e. The number of benzene rings is 2. The Labute approximate surface area is 210 Å². The first-order valence-corrected chi connectivity index (χ1v) is 13.5. The maximum atomic E-state index is 13.2. The Balaban J connectivity index is 1.31. The first-order chi connectivity index (χ1) is 17.3. The van der Waals surface area contributed by atoms with E-state index in [2.05, 4.69) is 26.9 Å². The molecule has 10 heteroatoms. The van der Waals surface area contributed by atoms with E-state index in [0.717, 1.165) is 39.1 Å². The number of hydrogen-bond acceptors (Lipinski definition) is 7. The predicted molar refractivity (Wildman–Crippen MR) is 137 cm³/mol. The van der Waals surface area contributed by atoms with Gasteiger partial charge >= 0.3 is 0 Å². The maximum absolute atomic E-state index is 13.2. The van der Waals surface area contributed by atoms with Crippen molar-refractivity contribution in [1.82, 2.24) is 19.8 Å². The Bertz CT molecular complexity index is 1390. The third-order valence-electron chi connectivity index (χ3n) is 6.92. The number of piperazine rings is 1. The smallest absolute Gasteiger partial charge is 0.258 e. The van der Waals surface area contributed by atoms with Crippen molar-refractivity contribution < 1.29 is 18.0 Å². The number of carbonyl (C=O) groups excluding carboxylic acids is 2. The molecule has 1 aliphatic carbocycles. The summed E-state index contributed by atoms with van der Waals surface area (Å²) in [6, 6.07) is 13.0. The zero-order valence-corrected chi connectivity index (χ0v) is 20.9. The van der Waals surface area contributed by atoms with Gasteiger partial charge in [-0.15, -0.1) is 0 Å². The summed E-state index contributed by atoms with van der Waals surface area (Å²) >= 11 is 0. The lowest BCUT2D eigenvalue weighted by atomic mass is 9.84. The third-order valence-corrected chi connectivity index (χ3v) is 8.39. The fourth-order valence-electron chi connectivity index (χ4n) is 4.83. The van der Waals surface area contributed by atoms with Crippen molar-refractivity contribution >= 4 is 33.1 Å². The van der Waals surface area contributed by atoms with Crippen LogP contribution in [0.4, 0.5) is 0 Å². The van der Waals surface area contributed by atoms with Crippen LogP contribution < -0.4 is 15.8 Å². The number of hydrogen-bond donors (Lipinski definition) is 3. The second-order valence-corrected chi connectivity index (χ2v) is 11.1. The monoisotopic (exact) mass is 507 g/mol. The fourth-order valence-corrected chi connectivity index (χ4v) is 5.90. The highest BCUT2D eigenvalue weighted by Crippen LogP contribution is 2.39. The van der Waals surface area contributed by atoms with E-state index in [1.54, 1.807) is 36.4 Å². The molecule has 0 atom stereocenters. The van der Waals surface area contributed by atoms with Crippen molar-refractivity contribution in [3.8, 4) is 0 Å². The molecule has 3 aliphatic rings. The minimum atomic E-state index is -3.68. The van der Waals surface area contributed by atoms with E-state index in [1.807, 2.05) is 0 Å². The Kier molecular flexibility index (Phi) is 6.52. The van der Waals surface area contributed by atoms with Crippen LogP contribution in [-0.4, -0.2) is 76.2 Å². The summed E-state index contributed by atoms with van der Waals surface area (Å²) in [7, 11) is -1.58. The molecule has 0 saturated carbocycles. The minimum absolute atomic E-state index is 0.122. The number of nitrogens with two attached hydrogens (primary N) is 1. The van der Waals surface area contributed by atoms with Crippen LogP contribution in [0.3, 0.4) is 0 Å². The number of nitrogens with zero attached hydrogens (tertiary/aromatic N) is 2. The Morgan fingerprint density at radius 2 is 1.61 bits per heavy atom. The summed E-state index contributed by atoms with van der Waals surface area (Å²) in [4.78, 5) is 30.7. The highest BCUT2D eigenvalue weighted by Gasteiger charge is 2.39. The second kappa shape index (κ2) is 9.62. The molecule has 1 amide bonds. The number of amides is 1. The van der Waals surface area contributed by atoms with Gasteiger partial charge in [0.25, 0.3) is 5.91 Å². The van der Waals surface area contributed by atoms with Gasteiger partial charge in [0.1, 0.15) is 0 Å². The molecular formula is C26H29N5O4S. The van der Waals surface area contributed by atoms with Crippen molar-refractivity contribution in [2.75, 3.05) is 46.3 Å². The molecule has 2 aromatic carbocycles. The minimum Gasteiger partial charge on any atom is -0.398 e. The molecule has 1 saturated heterocycles. The number of Topliss-reactive ketones (excluding diaryl/α,β-unsaturated/α-hetero) is 1. The fraction of sp³-hybridized carbons (Fsp3) is 0.308. The molecule has 9 nitrogen and oxygen atoms in total. The summed E-state index contributed by atoms with van der Waals surface area (Å²) in [6.45, 7) is 5.24. The lowest BCUT2D eigenvalue weighted by molar-refractivity contribution is -0.115. The first-order valence-electron chi connectivity index (χ1n) is 12.0. The molecule has 1 fully saturated rings. The topological polar surface area (TPSA) is 125 Å². The number of fused-ring (bicyclic) bond motifs is 2. The molecule has 4 N–H and O–H groups in total. The zero-order valence-electron chi connectivity index (χ0n) is 20.1. The average Bonchev–Trinajstić information content (AvgIpc) is 3.24. The molecule has 0 bridgehead atoms. The normalized spacial score (nSPS) is 18.9. The highest BCUT2D eigenvalue weighted by atomic mass is 32.2. The van der Waals surface area contributed by atoms with Gasteiger partial charge in [-0.3, -0.25) is 9.59 Å². The third kappa shape index (κ3) is 4.48. The van der Waals surface area contributed by atoms with Gasteiger partial charge < -0.3 is 20.9 Å². The van der Waals surface area contributed by atoms with E-state index in [1.165, 1.54) is 12.1 Å². The molecule has 0 unspecified atom stereocenters. The second-order valence-electron chi connectivity index (χ2n) is 9.29. The molecule has 188 valence electrons. The van der Waals surface area contributed by atoms with Crippen LogP contribution in [0.1, 0.15) is 27.9 Å². The number of carbonyl (C=O) groups is 2. The lowest BCUT2D eigenvalue weighted by Crippen LogP contribution is -2.45. The van der Waals surface area contributed by atoms with Crippen LogP contribution >= 0.6 is 0 Å². The molecule has 2 aromatic rings. The summed E-state index contributed by atoms with van der Waals surface area (Å²) in [5.41, 5.74) is 8.73. The highest BCUT2D eigenvalue weighted by molar-refractivity contribution is 7.89. The quantitative estimate of drug-likeness (QED) is 0.478. The van der Waals surface area contributed by atoms with Gasteiger partial charge in [-0.1, -0.05) is 36.4 Å². The molecule has 5 rings (SSSR count). The first kappa shape index (κ1) is 24.4. The van der Waals surface area contributed by atoms with Crippen molar-refractivity contribution in [3.63, 3.8) is 0 Å². The number of rotatable bonds is 7. The lowest BCUT2D eigenvalue weighted by Gasteiger charge is -2.32. The molecule has 36 heavy (non-hydrogen) atoms. The van der Waals surface area contributed by atoms with Crippen LogP contribution in [0.5, 0.6) is 0 Å².